The first-order valence-corrected chi connectivity index (χ1v) is 6.15. The maximum atomic E-state index is 6.15. The highest BCUT2D eigenvalue weighted by Gasteiger charge is 2.37. The SMILES string of the molecule is CCOC(C)(CC)C(NN)c1c(Cl)cnn1C. The number of halogens is 1. The number of hydrazine groups is 1. The van der Waals surface area contributed by atoms with E-state index < -0.39 is 5.60 Å². The van der Waals surface area contributed by atoms with Gasteiger partial charge in [-0.3, -0.25) is 10.5 Å². The Bertz CT molecular complexity index is 349. The van der Waals surface area contributed by atoms with E-state index in [1.165, 1.54) is 0 Å². The maximum Gasteiger partial charge on any atom is 0.0930 e. The summed E-state index contributed by atoms with van der Waals surface area (Å²) in [6, 6.07) is -0.201. The molecule has 1 heterocycles. The first-order chi connectivity index (χ1) is 8.00. The fourth-order valence-electron chi connectivity index (χ4n) is 2.01. The highest BCUT2D eigenvalue weighted by molar-refractivity contribution is 6.31. The molecule has 17 heavy (non-hydrogen) atoms. The number of nitrogens with two attached hydrogens (primary N) is 1. The van der Waals surface area contributed by atoms with Crippen molar-refractivity contribution in [2.75, 3.05) is 6.61 Å². The Morgan fingerprint density at radius 1 is 1.65 bits per heavy atom. The van der Waals surface area contributed by atoms with Crippen molar-refractivity contribution in [2.24, 2.45) is 12.9 Å². The van der Waals surface area contributed by atoms with Crippen LogP contribution in [0.4, 0.5) is 0 Å². The van der Waals surface area contributed by atoms with Crippen molar-refractivity contribution in [1.29, 1.82) is 0 Å². The van der Waals surface area contributed by atoms with Crippen molar-refractivity contribution < 1.29 is 4.74 Å². The van der Waals surface area contributed by atoms with E-state index >= 15 is 0 Å². The van der Waals surface area contributed by atoms with Crippen LogP contribution in [0, 0.1) is 0 Å². The van der Waals surface area contributed by atoms with Crippen LogP contribution in [-0.4, -0.2) is 22.0 Å². The molecule has 0 saturated carbocycles. The van der Waals surface area contributed by atoms with Gasteiger partial charge >= 0.3 is 0 Å². The van der Waals surface area contributed by atoms with Gasteiger partial charge in [-0.2, -0.15) is 5.10 Å². The van der Waals surface area contributed by atoms with E-state index in [-0.39, 0.29) is 6.04 Å². The van der Waals surface area contributed by atoms with Crippen LogP contribution in [-0.2, 0) is 11.8 Å². The Hall–Kier alpha value is -0.620. The van der Waals surface area contributed by atoms with E-state index in [1.54, 1.807) is 10.9 Å². The number of ether oxygens (including phenoxy) is 1. The standard InChI is InChI=1S/C11H21ClN4O/c1-5-11(3,17-6-2)10(15-13)9-8(12)7-14-16(9)4/h7,10,15H,5-6,13H2,1-4H3. The highest BCUT2D eigenvalue weighted by atomic mass is 35.5. The average Bonchev–Trinajstić information content (AvgIpc) is 2.62. The van der Waals surface area contributed by atoms with E-state index in [0.717, 1.165) is 12.1 Å². The maximum absolute atomic E-state index is 6.15. The molecule has 0 aliphatic carbocycles. The van der Waals surface area contributed by atoms with Crippen molar-refractivity contribution in [2.45, 2.75) is 38.8 Å². The average molecular weight is 261 g/mol. The molecule has 0 aliphatic heterocycles. The lowest BCUT2D eigenvalue weighted by atomic mass is 9.91. The topological polar surface area (TPSA) is 65.1 Å². The molecule has 3 N–H and O–H groups in total. The monoisotopic (exact) mass is 260 g/mol. The van der Waals surface area contributed by atoms with Crippen LogP contribution in [0.2, 0.25) is 5.02 Å². The summed E-state index contributed by atoms with van der Waals surface area (Å²) in [4.78, 5) is 0. The van der Waals surface area contributed by atoms with Gasteiger partial charge in [-0.1, -0.05) is 18.5 Å². The third kappa shape index (κ3) is 2.80. The number of aryl methyl sites for hydroxylation is 1. The van der Waals surface area contributed by atoms with Crippen molar-refractivity contribution in [3.63, 3.8) is 0 Å². The predicted molar refractivity (Wildman–Crippen MR) is 68.6 cm³/mol. The number of rotatable bonds is 6. The molecule has 0 aliphatic rings. The summed E-state index contributed by atoms with van der Waals surface area (Å²) in [5.41, 5.74) is 3.22. The number of nitrogens with one attached hydrogen (secondary N) is 1. The van der Waals surface area contributed by atoms with Crippen LogP contribution in [0.15, 0.2) is 6.20 Å². The van der Waals surface area contributed by atoms with E-state index in [1.807, 2.05) is 20.9 Å². The third-order valence-electron chi connectivity index (χ3n) is 3.16. The van der Waals surface area contributed by atoms with Gasteiger partial charge in [0.15, 0.2) is 0 Å². The number of hydrogen-bond donors (Lipinski definition) is 2. The zero-order chi connectivity index (χ0) is 13.1. The molecule has 98 valence electrons. The number of aromatic nitrogens is 2. The second-order valence-electron chi connectivity index (χ2n) is 4.20. The fourth-order valence-corrected chi connectivity index (χ4v) is 2.28. The van der Waals surface area contributed by atoms with Crippen molar-refractivity contribution >= 4 is 11.6 Å². The lowest BCUT2D eigenvalue weighted by molar-refractivity contribution is -0.0581. The molecule has 0 fully saturated rings. The quantitative estimate of drug-likeness (QED) is 0.605. The lowest BCUT2D eigenvalue weighted by Crippen LogP contribution is -2.47. The predicted octanol–water partition coefficient (Wildman–Crippen LogP) is 1.78. The molecular formula is C11H21ClN4O. The van der Waals surface area contributed by atoms with Crippen molar-refractivity contribution in [3.8, 4) is 0 Å². The second kappa shape index (κ2) is 5.82. The van der Waals surface area contributed by atoms with Gasteiger partial charge in [0.1, 0.15) is 0 Å². The van der Waals surface area contributed by atoms with Gasteiger partial charge in [0.25, 0.3) is 0 Å². The Morgan fingerprint density at radius 2 is 2.29 bits per heavy atom. The zero-order valence-corrected chi connectivity index (χ0v) is 11.6. The Kier molecular flexibility index (Phi) is 4.94. The van der Waals surface area contributed by atoms with E-state index in [0.29, 0.717) is 11.6 Å². The molecule has 1 aromatic heterocycles. The first kappa shape index (κ1) is 14.4. The Balaban J connectivity index is 3.14. The summed E-state index contributed by atoms with van der Waals surface area (Å²) in [6.07, 6.45) is 2.43. The molecular weight excluding hydrogens is 240 g/mol. The molecule has 0 amide bonds. The van der Waals surface area contributed by atoms with Crippen molar-refractivity contribution in [3.05, 3.63) is 16.9 Å². The van der Waals surface area contributed by atoms with Crippen LogP contribution in [0.25, 0.3) is 0 Å². The van der Waals surface area contributed by atoms with Gasteiger partial charge < -0.3 is 4.74 Å². The molecule has 1 aromatic rings. The van der Waals surface area contributed by atoms with Crippen LogP contribution in [0.3, 0.4) is 0 Å². The summed E-state index contributed by atoms with van der Waals surface area (Å²) in [5, 5.41) is 4.72. The van der Waals surface area contributed by atoms with E-state index in [2.05, 4.69) is 17.4 Å². The van der Waals surface area contributed by atoms with Crippen LogP contribution in [0.5, 0.6) is 0 Å². The molecule has 0 aromatic carbocycles. The van der Waals surface area contributed by atoms with E-state index in [4.69, 9.17) is 22.2 Å². The van der Waals surface area contributed by atoms with Crippen molar-refractivity contribution in [1.82, 2.24) is 15.2 Å². The van der Waals surface area contributed by atoms with Gasteiger partial charge in [0, 0.05) is 13.7 Å². The van der Waals surface area contributed by atoms with Crippen LogP contribution in [0.1, 0.15) is 38.9 Å². The molecule has 0 bridgehead atoms. The normalized spacial score (nSPS) is 16.8. The largest absolute Gasteiger partial charge is 0.373 e. The van der Waals surface area contributed by atoms with E-state index in [9.17, 15) is 0 Å². The molecule has 2 atom stereocenters. The van der Waals surface area contributed by atoms with Crippen LogP contribution < -0.4 is 11.3 Å². The smallest absolute Gasteiger partial charge is 0.0930 e. The second-order valence-corrected chi connectivity index (χ2v) is 4.61. The number of nitrogens with zero attached hydrogens (tertiary/aromatic N) is 2. The summed E-state index contributed by atoms with van der Waals surface area (Å²) in [6.45, 7) is 6.67. The minimum absolute atomic E-state index is 0.201. The molecule has 0 saturated heterocycles. The fraction of sp³-hybridized carbons (Fsp3) is 0.727. The highest BCUT2D eigenvalue weighted by Crippen LogP contribution is 2.34. The Labute approximate surface area is 107 Å². The molecule has 6 heteroatoms. The third-order valence-corrected chi connectivity index (χ3v) is 3.46. The van der Waals surface area contributed by atoms with Gasteiger partial charge in [0.2, 0.25) is 0 Å². The molecule has 5 nitrogen and oxygen atoms in total. The minimum Gasteiger partial charge on any atom is -0.373 e. The summed E-state index contributed by atoms with van der Waals surface area (Å²) in [7, 11) is 1.84. The summed E-state index contributed by atoms with van der Waals surface area (Å²) < 4.78 is 7.55. The summed E-state index contributed by atoms with van der Waals surface area (Å²) in [5.74, 6) is 5.66. The van der Waals surface area contributed by atoms with Crippen LogP contribution >= 0.6 is 11.6 Å². The summed E-state index contributed by atoms with van der Waals surface area (Å²) >= 11 is 6.15. The van der Waals surface area contributed by atoms with Gasteiger partial charge in [-0.05, 0) is 20.3 Å². The Morgan fingerprint density at radius 3 is 2.65 bits per heavy atom. The van der Waals surface area contributed by atoms with Gasteiger partial charge in [-0.15, -0.1) is 0 Å². The zero-order valence-electron chi connectivity index (χ0n) is 10.8. The molecule has 0 radical (unpaired) electrons. The molecule has 1 rings (SSSR count). The lowest BCUT2D eigenvalue weighted by Gasteiger charge is -2.36. The minimum atomic E-state index is -0.416. The molecule has 0 spiro atoms. The number of hydrogen-bond acceptors (Lipinski definition) is 4. The van der Waals surface area contributed by atoms with Gasteiger partial charge in [0.05, 0.1) is 28.6 Å². The van der Waals surface area contributed by atoms with Gasteiger partial charge in [-0.25, -0.2) is 5.43 Å². The molecule has 2 unspecified atom stereocenters. The first-order valence-electron chi connectivity index (χ1n) is 5.77.